The smallest absolute Gasteiger partial charge is 0.337 e. The lowest BCUT2D eigenvalue weighted by atomic mass is 10.2. The van der Waals surface area contributed by atoms with Gasteiger partial charge in [0.25, 0.3) is 0 Å². The minimum absolute atomic E-state index is 0.154. The van der Waals surface area contributed by atoms with E-state index in [1.165, 1.54) is 25.2 Å². The van der Waals surface area contributed by atoms with Gasteiger partial charge in [-0.2, -0.15) is 0 Å². The Labute approximate surface area is 148 Å². The summed E-state index contributed by atoms with van der Waals surface area (Å²) in [5.41, 5.74) is 1.90. The lowest BCUT2D eigenvalue weighted by Gasteiger charge is -2.07. The van der Waals surface area contributed by atoms with E-state index in [4.69, 9.17) is 0 Å². The summed E-state index contributed by atoms with van der Waals surface area (Å²) in [6.07, 6.45) is 1.49. The Balaban J connectivity index is 1.62. The first-order valence-corrected chi connectivity index (χ1v) is 8.46. The van der Waals surface area contributed by atoms with Crippen molar-refractivity contribution in [3.05, 3.63) is 60.4 Å². The van der Waals surface area contributed by atoms with Crippen LogP contribution in [0.3, 0.4) is 0 Å². The molecule has 126 valence electrons. The molecule has 2 aromatic carbocycles. The monoisotopic (exact) mass is 353 g/mol. The molecule has 6 nitrogen and oxygen atoms in total. The number of carbonyl (C=O) groups excluding carboxylic acids is 2. The molecule has 3 rings (SSSR count). The Morgan fingerprint density at radius 3 is 2.60 bits per heavy atom. The summed E-state index contributed by atoms with van der Waals surface area (Å²) in [6.45, 7) is 0. The number of amides is 1. The van der Waals surface area contributed by atoms with E-state index in [2.05, 4.69) is 20.0 Å². The molecule has 3 aromatic rings. The zero-order valence-corrected chi connectivity index (χ0v) is 14.2. The first-order chi connectivity index (χ1) is 12.2. The van der Waals surface area contributed by atoms with Crippen molar-refractivity contribution in [2.24, 2.45) is 0 Å². The predicted molar refractivity (Wildman–Crippen MR) is 96.7 cm³/mol. The molecular formula is C18H15N3O3S. The summed E-state index contributed by atoms with van der Waals surface area (Å²) in [7, 11) is 1.33. The highest BCUT2D eigenvalue weighted by atomic mass is 32.2. The van der Waals surface area contributed by atoms with Gasteiger partial charge in [0, 0.05) is 11.1 Å². The van der Waals surface area contributed by atoms with Crippen LogP contribution in [0.1, 0.15) is 10.4 Å². The molecule has 0 spiro atoms. The van der Waals surface area contributed by atoms with Gasteiger partial charge in [0.1, 0.15) is 11.4 Å². The van der Waals surface area contributed by atoms with Crippen molar-refractivity contribution in [3.8, 4) is 0 Å². The number of esters is 1. The number of thioether (sulfide) groups is 1. The minimum Gasteiger partial charge on any atom is -0.465 e. The van der Waals surface area contributed by atoms with E-state index < -0.39 is 5.97 Å². The lowest BCUT2D eigenvalue weighted by molar-refractivity contribution is -0.113. The zero-order valence-electron chi connectivity index (χ0n) is 13.4. The molecule has 7 heteroatoms. The minimum atomic E-state index is -0.413. The number of aromatic nitrogens is 2. The second kappa shape index (κ2) is 7.76. The van der Waals surface area contributed by atoms with Gasteiger partial charge in [-0.25, -0.2) is 14.8 Å². The highest BCUT2D eigenvalue weighted by Crippen LogP contribution is 2.24. The van der Waals surface area contributed by atoms with Gasteiger partial charge in [-0.1, -0.05) is 30.0 Å². The Hall–Kier alpha value is -2.93. The maximum atomic E-state index is 12.1. The van der Waals surface area contributed by atoms with Crippen molar-refractivity contribution in [1.29, 1.82) is 0 Å². The molecule has 1 amide bonds. The summed E-state index contributed by atoms with van der Waals surface area (Å²) in [5, 5.41) is 4.48. The quantitative estimate of drug-likeness (QED) is 0.431. The molecule has 1 aromatic heterocycles. The number of nitrogens with zero attached hydrogens (tertiary/aromatic N) is 2. The van der Waals surface area contributed by atoms with E-state index in [9.17, 15) is 9.59 Å². The number of anilines is 1. The van der Waals surface area contributed by atoms with Gasteiger partial charge in [-0.15, -0.1) is 0 Å². The predicted octanol–water partition coefficient (Wildman–Crippen LogP) is 3.15. The number of fused-ring (bicyclic) bond motifs is 1. The fourth-order valence-corrected chi connectivity index (χ4v) is 3.02. The van der Waals surface area contributed by atoms with Crippen LogP contribution in [0.5, 0.6) is 0 Å². The van der Waals surface area contributed by atoms with E-state index in [0.717, 1.165) is 15.9 Å². The highest BCUT2D eigenvalue weighted by molar-refractivity contribution is 8.00. The molecular weight excluding hydrogens is 338 g/mol. The van der Waals surface area contributed by atoms with Crippen LogP contribution in [0, 0.1) is 0 Å². The number of ether oxygens (including phenoxy) is 1. The topological polar surface area (TPSA) is 81.2 Å². The molecule has 0 radical (unpaired) electrons. The second-order valence-corrected chi connectivity index (χ2v) is 6.07. The third-order valence-corrected chi connectivity index (χ3v) is 4.44. The van der Waals surface area contributed by atoms with E-state index in [1.807, 2.05) is 24.3 Å². The van der Waals surface area contributed by atoms with Crippen LogP contribution in [0.2, 0.25) is 0 Å². The number of methoxy groups -OCH3 is 1. The Morgan fingerprint density at radius 2 is 1.84 bits per heavy atom. The number of nitrogens with one attached hydrogen (secondary N) is 1. The van der Waals surface area contributed by atoms with Crippen LogP contribution in [0.15, 0.2) is 59.9 Å². The number of hydrogen-bond donors (Lipinski definition) is 1. The Kier molecular flexibility index (Phi) is 5.25. The maximum absolute atomic E-state index is 12.1. The summed E-state index contributed by atoms with van der Waals surface area (Å²) in [5.74, 6) is -0.345. The normalized spacial score (nSPS) is 10.4. The van der Waals surface area contributed by atoms with Gasteiger partial charge in [0.15, 0.2) is 0 Å². The second-order valence-electron chi connectivity index (χ2n) is 5.10. The number of hydrogen-bond acceptors (Lipinski definition) is 6. The summed E-state index contributed by atoms with van der Waals surface area (Å²) in [6, 6.07) is 14.2. The van der Waals surface area contributed by atoms with E-state index >= 15 is 0 Å². The maximum Gasteiger partial charge on any atom is 0.337 e. The molecule has 0 aliphatic carbocycles. The fourth-order valence-electron chi connectivity index (χ4n) is 2.23. The Bertz CT molecular complexity index is 908. The van der Waals surface area contributed by atoms with Crippen LogP contribution in [0.4, 0.5) is 5.69 Å². The molecule has 25 heavy (non-hydrogen) atoms. The van der Waals surface area contributed by atoms with Crippen molar-refractivity contribution in [2.75, 3.05) is 18.2 Å². The van der Waals surface area contributed by atoms with Crippen LogP contribution < -0.4 is 5.32 Å². The molecule has 0 saturated carbocycles. The molecule has 0 aliphatic heterocycles. The van der Waals surface area contributed by atoms with Crippen LogP contribution in [0.25, 0.3) is 10.9 Å². The molecule has 1 heterocycles. The van der Waals surface area contributed by atoms with Crippen LogP contribution >= 0.6 is 11.8 Å². The number of benzene rings is 2. The van der Waals surface area contributed by atoms with Gasteiger partial charge < -0.3 is 10.1 Å². The van der Waals surface area contributed by atoms with Gasteiger partial charge in [-0.05, 0) is 30.3 Å². The van der Waals surface area contributed by atoms with Gasteiger partial charge in [0.05, 0.1) is 23.9 Å². The standard InChI is InChI=1S/C18H15N3O3S/c1-24-18(23)12-6-8-13(9-7-12)21-16(22)10-25-17-14-4-2-3-5-15(14)19-11-20-17/h2-9,11H,10H2,1H3,(H,21,22). The molecule has 0 fully saturated rings. The number of rotatable bonds is 5. The number of para-hydroxylation sites is 1. The third-order valence-electron chi connectivity index (χ3n) is 3.44. The number of carbonyl (C=O) groups is 2. The van der Waals surface area contributed by atoms with E-state index in [0.29, 0.717) is 11.3 Å². The largest absolute Gasteiger partial charge is 0.465 e. The molecule has 0 bridgehead atoms. The summed E-state index contributed by atoms with van der Waals surface area (Å²) in [4.78, 5) is 32.0. The summed E-state index contributed by atoms with van der Waals surface area (Å²) < 4.78 is 4.64. The van der Waals surface area contributed by atoms with E-state index in [-0.39, 0.29) is 11.7 Å². The van der Waals surface area contributed by atoms with Crippen LogP contribution in [-0.4, -0.2) is 34.7 Å². The van der Waals surface area contributed by atoms with Crippen molar-refractivity contribution < 1.29 is 14.3 Å². The molecule has 0 aliphatic rings. The first kappa shape index (κ1) is 16.9. The van der Waals surface area contributed by atoms with Crippen molar-refractivity contribution in [3.63, 3.8) is 0 Å². The first-order valence-electron chi connectivity index (χ1n) is 7.48. The van der Waals surface area contributed by atoms with Gasteiger partial charge in [0.2, 0.25) is 5.91 Å². The third kappa shape index (κ3) is 4.13. The highest BCUT2D eigenvalue weighted by Gasteiger charge is 2.09. The summed E-state index contributed by atoms with van der Waals surface area (Å²) >= 11 is 1.35. The lowest BCUT2D eigenvalue weighted by Crippen LogP contribution is -2.14. The molecule has 0 unspecified atom stereocenters. The van der Waals surface area contributed by atoms with Crippen molar-refractivity contribution in [2.45, 2.75) is 5.03 Å². The zero-order chi connectivity index (χ0) is 17.6. The van der Waals surface area contributed by atoms with Crippen LogP contribution in [-0.2, 0) is 9.53 Å². The van der Waals surface area contributed by atoms with Gasteiger partial charge in [-0.3, -0.25) is 4.79 Å². The van der Waals surface area contributed by atoms with Crippen molar-refractivity contribution in [1.82, 2.24) is 9.97 Å². The Morgan fingerprint density at radius 1 is 1.08 bits per heavy atom. The van der Waals surface area contributed by atoms with Crippen molar-refractivity contribution >= 4 is 40.2 Å². The molecule has 1 N–H and O–H groups in total. The fraction of sp³-hybridized carbons (Fsp3) is 0.111. The van der Waals surface area contributed by atoms with Gasteiger partial charge >= 0.3 is 5.97 Å². The average molecular weight is 353 g/mol. The molecule has 0 atom stereocenters. The average Bonchev–Trinajstić information content (AvgIpc) is 2.66. The SMILES string of the molecule is COC(=O)c1ccc(NC(=O)CSc2ncnc3ccccc23)cc1. The van der Waals surface area contributed by atoms with E-state index in [1.54, 1.807) is 24.3 Å². The molecule has 0 saturated heterocycles.